The second-order valence-corrected chi connectivity index (χ2v) is 9.77. The van der Waals surface area contributed by atoms with E-state index in [0.717, 1.165) is 4.90 Å². The van der Waals surface area contributed by atoms with Crippen molar-refractivity contribution in [2.24, 2.45) is 0 Å². The predicted molar refractivity (Wildman–Crippen MR) is 138 cm³/mol. The molecule has 0 saturated carbocycles. The zero-order valence-electron chi connectivity index (χ0n) is 19.9. The fourth-order valence-corrected chi connectivity index (χ4v) is 4.51. The Kier molecular flexibility index (Phi) is 8.38. The van der Waals surface area contributed by atoms with Crippen LogP contribution in [0.15, 0.2) is 76.8 Å². The number of sulfonamides is 1. The molecule has 0 aliphatic rings. The van der Waals surface area contributed by atoms with Gasteiger partial charge < -0.3 is 19.3 Å². The van der Waals surface area contributed by atoms with E-state index in [1.54, 1.807) is 42.5 Å². The molecule has 2 aromatic carbocycles. The Morgan fingerprint density at radius 3 is 2.30 bits per heavy atom. The maximum atomic E-state index is 13.3. The maximum Gasteiger partial charge on any atom is 0.263 e. The van der Waals surface area contributed by atoms with Crippen LogP contribution in [0.2, 0.25) is 0 Å². The highest BCUT2D eigenvalue weighted by molar-refractivity contribution is 7.98. The first kappa shape index (κ1) is 26.1. The molecule has 0 saturated heterocycles. The van der Waals surface area contributed by atoms with Gasteiger partial charge in [0.15, 0.2) is 23.1 Å². The highest BCUT2D eigenvalue weighted by atomic mass is 32.2. The molecule has 2 heterocycles. The molecule has 4 aromatic rings. The molecule has 0 aliphatic heterocycles. The van der Waals surface area contributed by atoms with Crippen LogP contribution in [0.1, 0.15) is 0 Å². The smallest absolute Gasteiger partial charge is 0.263 e. The zero-order chi connectivity index (χ0) is 26.3. The van der Waals surface area contributed by atoms with E-state index in [1.165, 1.54) is 43.4 Å². The molecule has 0 unspecified atom stereocenters. The number of thioether (sulfide) groups is 1. The molecule has 2 N–H and O–H groups in total. The molecule has 11 nitrogen and oxygen atoms in total. The van der Waals surface area contributed by atoms with E-state index in [4.69, 9.17) is 14.2 Å². The molecule has 192 valence electrons. The van der Waals surface area contributed by atoms with Crippen molar-refractivity contribution in [2.75, 3.05) is 31.3 Å². The van der Waals surface area contributed by atoms with Crippen LogP contribution in [0.5, 0.6) is 23.1 Å². The third-order valence-electron chi connectivity index (χ3n) is 4.81. The minimum atomic E-state index is -4.11. The van der Waals surface area contributed by atoms with Crippen molar-refractivity contribution in [3.05, 3.63) is 67.0 Å². The monoisotopic (exact) mass is 541 g/mol. The second kappa shape index (κ2) is 11.9. The predicted octanol–water partition coefficient (Wildman–Crippen LogP) is 3.63. The summed E-state index contributed by atoms with van der Waals surface area (Å²) >= 11 is 1.49. The molecule has 37 heavy (non-hydrogen) atoms. The number of para-hydroxylation sites is 2. The average Bonchev–Trinajstić information content (AvgIpc) is 2.93. The van der Waals surface area contributed by atoms with Gasteiger partial charge in [-0.2, -0.15) is 4.98 Å². The van der Waals surface area contributed by atoms with Crippen molar-refractivity contribution in [1.82, 2.24) is 19.9 Å². The van der Waals surface area contributed by atoms with Crippen LogP contribution in [0.25, 0.3) is 11.6 Å². The first-order valence-corrected chi connectivity index (χ1v) is 13.6. The number of nitrogens with one attached hydrogen (secondary N) is 1. The molecular weight excluding hydrogens is 518 g/mol. The van der Waals surface area contributed by atoms with Crippen molar-refractivity contribution in [3.63, 3.8) is 0 Å². The molecule has 0 bridgehead atoms. The third-order valence-corrected chi connectivity index (χ3v) is 6.91. The van der Waals surface area contributed by atoms with E-state index >= 15 is 0 Å². The summed E-state index contributed by atoms with van der Waals surface area (Å²) in [6.45, 7) is -0.463. The first-order chi connectivity index (χ1) is 17.9. The number of aromatic nitrogens is 4. The lowest BCUT2D eigenvalue weighted by molar-refractivity contribution is 0.192. The summed E-state index contributed by atoms with van der Waals surface area (Å²) in [4.78, 5) is 17.9. The van der Waals surface area contributed by atoms with E-state index in [-0.39, 0.29) is 53.0 Å². The zero-order valence-corrected chi connectivity index (χ0v) is 21.5. The van der Waals surface area contributed by atoms with Gasteiger partial charge in [0, 0.05) is 17.3 Å². The normalized spacial score (nSPS) is 11.1. The quantitative estimate of drug-likeness (QED) is 0.268. The summed E-state index contributed by atoms with van der Waals surface area (Å²) in [5.74, 6) is 0.268. The van der Waals surface area contributed by atoms with E-state index in [9.17, 15) is 13.5 Å². The van der Waals surface area contributed by atoms with Crippen LogP contribution in [-0.4, -0.2) is 60.0 Å². The molecular formula is C24H23N5O6S2. The van der Waals surface area contributed by atoms with Crippen LogP contribution in [0.3, 0.4) is 0 Å². The SMILES string of the molecule is COc1ccccc1Oc1c(NS(=O)(=O)c2ccc(SC)cc2)nc(-c2ncccn2)nc1OCCO. The number of anilines is 1. The van der Waals surface area contributed by atoms with Gasteiger partial charge in [-0.15, -0.1) is 11.8 Å². The summed E-state index contributed by atoms with van der Waals surface area (Å²) < 4.78 is 46.2. The fourth-order valence-electron chi connectivity index (χ4n) is 3.10. The third kappa shape index (κ3) is 6.25. The Morgan fingerprint density at radius 2 is 1.65 bits per heavy atom. The Morgan fingerprint density at radius 1 is 0.946 bits per heavy atom. The Labute approximate surface area is 218 Å². The molecule has 0 atom stereocenters. The molecule has 0 aliphatic carbocycles. The van der Waals surface area contributed by atoms with Gasteiger partial charge in [0.1, 0.15) is 6.61 Å². The van der Waals surface area contributed by atoms with Crippen LogP contribution >= 0.6 is 11.8 Å². The van der Waals surface area contributed by atoms with Gasteiger partial charge in [0.2, 0.25) is 11.6 Å². The van der Waals surface area contributed by atoms with E-state index in [2.05, 4.69) is 24.7 Å². The number of rotatable bonds is 11. The van der Waals surface area contributed by atoms with Crippen LogP contribution in [0.4, 0.5) is 5.82 Å². The fraction of sp³-hybridized carbons (Fsp3) is 0.167. The molecule has 2 aromatic heterocycles. The van der Waals surface area contributed by atoms with E-state index in [0.29, 0.717) is 5.75 Å². The number of aliphatic hydroxyl groups excluding tert-OH is 1. The van der Waals surface area contributed by atoms with Gasteiger partial charge in [0.05, 0.1) is 18.6 Å². The minimum absolute atomic E-state index is 0.0162. The first-order valence-electron chi connectivity index (χ1n) is 10.9. The Bertz CT molecular complexity index is 1450. The van der Waals surface area contributed by atoms with Gasteiger partial charge >= 0.3 is 0 Å². The van der Waals surface area contributed by atoms with Crippen LogP contribution in [-0.2, 0) is 10.0 Å². The average molecular weight is 542 g/mol. The standard InChI is InChI=1S/C24H23N5O6S2/c1-33-18-6-3-4-7-19(18)35-20-21(29-37(31,32)17-10-8-16(36-2)9-11-17)27-23(22-25-12-5-13-26-22)28-24(20)34-15-14-30/h3-13,30H,14-15H2,1-2H3,(H,27,28,29). The number of hydrogen-bond acceptors (Lipinski definition) is 11. The number of ether oxygens (including phenoxy) is 3. The summed E-state index contributed by atoms with van der Waals surface area (Å²) in [6.07, 6.45) is 4.89. The van der Waals surface area contributed by atoms with Gasteiger partial charge in [-0.1, -0.05) is 12.1 Å². The van der Waals surface area contributed by atoms with E-state index in [1.807, 2.05) is 6.26 Å². The maximum absolute atomic E-state index is 13.3. The van der Waals surface area contributed by atoms with Crippen molar-refractivity contribution < 1.29 is 27.7 Å². The summed E-state index contributed by atoms with van der Waals surface area (Å²) in [7, 11) is -2.64. The number of hydrogen-bond donors (Lipinski definition) is 2. The van der Waals surface area contributed by atoms with Crippen molar-refractivity contribution >= 4 is 27.6 Å². The lowest BCUT2D eigenvalue weighted by Crippen LogP contribution is -2.16. The lowest BCUT2D eigenvalue weighted by atomic mass is 10.3. The molecule has 4 rings (SSSR count). The topological polar surface area (TPSA) is 146 Å². The molecule has 0 radical (unpaired) electrons. The largest absolute Gasteiger partial charge is 0.493 e. The lowest BCUT2D eigenvalue weighted by Gasteiger charge is -2.18. The van der Waals surface area contributed by atoms with Crippen molar-refractivity contribution in [3.8, 4) is 34.8 Å². The van der Waals surface area contributed by atoms with Crippen LogP contribution < -0.4 is 18.9 Å². The van der Waals surface area contributed by atoms with Gasteiger partial charge in [-0.05, 0) is 48.7 Å². The highest BCUT2D eigenvalue weighted by Gasteiger charge is 2.26. The Hall–Kier alpha value is -3.94. The molecule has 0 spiro atoms. The van der Waals surface area contributed by atoms with Gasteiger partial charge in [-0.25, -0.2) is 23.4 Å². The van der Waals surface area contributed by atoms with Gasteiger partial charge in [-0.3, -0.25) is 4.72 Å². The summed E-state index contributed by atoms with van der Waals surface area (Å²) in [6, 6.07) is 14.8. The second-order valence-electron chi connectivity index (χ2n) is 7.21. The summed E-state index contributed by atoms with van der Waals surface area (Å²) in [5.41, 5.74) is 0. The molecule has 0 fully saturated rings. The molecule has 0 amide bonds. The van der Waals surface area contributed by atoms with Crippen molar-refractivity contribution in [2.45, 2.75) is 9.79 Å². The number of benzene rings is 2. The van der Waals surface area contributed by atoms with E-state index < -0.39 is 10.0 Å². The van der Waals surface area contributed by atoms with Crippen LogP contribution in [0, 0.1) is 0 Å². The number of nitrogens with zero attached hydrogens (tertiary/aromatic N) is 4. The number of methoxy groups -OCH3 is 1. The summed E-state index contributed by atoms with van der Waals surface area (Å²) in [5, 5.41) is 9.36. The van der Waals surface area contributed by atoms with Gasteiger partial charge in [0.25, 0.3) is 15.9 Å². The number of aliphatic hydroxyl groups is 1. The molecule has 13 heteroatoms. The van der Waals surface area contributed by atoms with Crippen molar-refractivity contribution in [1.29, 1.82) is 0 Å². The minimum Gasteiger partial charge on any atom is -0.493 e. The highest BCUT2D eigenvalue weighted by Crippen LogP contribution is 2.41. The Balaban J connectivity index is 1.86.